The highest BCUT2D eigenvalue weighted by molar-refractivity contribution is 9.10. The minimum atomic E-state index is -1.06. The van der Waals surface area contributed by atoms with Crippen molar-refractivity contribution in [3.05, 3.63) is 40.4 Å². The summed E-state index contributed by atoms with van der Waals surface area (Å²) < 4.78 is 0.916. The summed E-state index contributed by atoms with van der Waals surface area (Å²) in [5.41, 5.74) is 0.859. The van der Waals surface area contributed by atoms with Crippen LogP contribution in [0.2, 0.25) is 0 Å². The second-order valence-corrected chi connectivity index (χ2v) is 4.37. The van der Waals surface area contributed by atoms with Crippen molar-refractivity contribution in [2.45, 2.75) is 13.0 Å². The first-order valence-corrected chi connectivity index (χ1v) is 5.75. The molecule has 0 bridgehead atoms. The molecule has 0 aliphatic heterocycles. The molecular formula is C12H12BrNO3. The van der Waals surface area contributed by atoms with Gasteiger partial charge in [0.1, 0.15) is 6.04 Å². The zero-order chi connectivity index (χ0) is 12.8. The van der Waals surface area contributed by atoms with Gasteiger partial charge in [-0.2, -0.15) is 0 Å². The Morgan fingerprint density at radius 2 is 2.18 bits per heavy atom. The average Bonchev–Trinajstić information content (AvgIpc) is 2.26. The predicted octanol–water partition coefficient (Wildman–Crippen LogP) is 2.05. The summed E-state index contributed by atoms with van der Waals surface area (Å²) in [4.78, 5) is 21.9. The number of hydrogen-bond donors (Lipinski definition) is 2. The van der Waals surface area contributed by atoms with E-state index in [1.807, 2.05) is 24.3 Å². The Hall–Kier alpha value is -1.62. The molecule has 0 radical (unpaired) electrons. The van der Waals surface area contributed by atoms with Crippen molar-refractivity contribution in [2.75, 3.05) is 0 Å². The summed E-state index contributed by atoms with van der Waals surface area (Å²) in [6.07, 6.45) is 2.93. The van der Waals surface area contributed by atoms with E-state index in [4.69, 9.17) is 5.11 Å². The number of rotatable bonds is 4. The zero-order valence-electron chi connectivity index (χ0n) is 9.18. The van der Waals surface area contributed by atoms with Crippen LogP contribution in [0.1, 0.15) is 12.5 Å². The van der Waals surface area contributed by atoms with E-state index in [0.29, 0.717) is 0 Å². The smallest absolute Gasteiger partial charge is 0.325 e. The molecule has 1 aromatic carbocycles. The van der Waals surface area contributed by atoms with E-state index in [9.17, 15) is 9.59 Å². The Kier molecular flexibility index (Phi) is 4.90. The Bertz CT molecular complexity index is 457. The summed E-state index contributed by atoms with van der Waals surface area (Å²) >= 11 is 3.32. The van der Waals surface area contributed by atoms with Gasteiger partial charge in [0.15, 0.2) is 0 Å². The van der Waals surface area contributed by atoms with Crippen molar-refractivity contribution >= 4 is 33.9 Å². The monoisotopic (exact) mass is 297 g/mol. The minimum Gasteiger partial charge on any atom is -0.480 e. The quantitative estimate of drug-likeness (QED) is 0.836. The van der Waals surface area contributed by atoms with Gasteiger partial charge in [0.2, 0.25) is 5.91 Å². The molecule has 0 spiro atoms. The Balaban J connectivity index is 2.59. The molecule has 17 heavy (non-hydrogen) atoms. The molecule has 1 amide bonds. The third-order valence-corrected chi connectivity index (χ3v) is 2.50. The number of carbonyl (C=O) groups is 2. The van der Waals surface area contributed by atoms with Crippen LogP contribution in [-0.2, 0) is 9.59 Å². The maximum absolute atomic E-state index is 11.3. The number of nitrogens with one attached hydrogen (secondary N) is 1. The van der Waals surface area contributed by atoms with Crippen LogP contribution in [0.4, 0.5) is 0 Å². The molecule has 90 valence electrons. The molecule has 0 saturated heterocycles. The molecule has 0 saturated carbocycles. The van der Waals surface area contributed by atoms with Gasteiger partial charge in [0, 0.05) is 10.5 Å². The van der Waals surface area contributed by atoms with Gasteiger partial charge in [-0.05, 0) is 30.7 Å². The second-order valence-electron chi connectivity index (χ2n) is 3.46. The fourth-order valence-corrected chi connectivity index (χ4v) is 1.52. The molecule has 0 aliphatic carbocycles. The summed E-state index contributed by atoms with van der Waals surface area (Å²) in [6.45, 7) is 1.41. The molecule has 5 heteroatoms. The van der Waals surface area contributed by atoms with Crippen LogP contribution in [0, 0.1) is 0 Å². The summed E-state index contributed by atoms with van der Waals surface area (Å²) in [5, 5.41) is 10.9. The number of carboxylic acids is 1. The van der Waals surface area contributed by atoms with Crippen LogP contribution in [0.5, 0.6) is 0 Å². The fourth-order valence-electron chi connectivity index (χ4n) is 1.11. The van der Waals surface area contributed by atoms with Crippen molar-refractivity contribution in [1.29, 1.82) is 0 Å². The first-order chi connectivity index (χ1) is 7.99. The number of hydrogen-bond acceptors (Lipinski definition) is 2. The third kappa shape index (κ3) is 4.82. The molecule has 0 aliphatic rings. The van der Waals surface area contributed by atoms with Gasteiger partial charge in [0.05, 0.1) is 0 Å². The minimum absolute atomic E-state index is 0.431. The van der Waals surface area contributed by atoms with Gasteiger partial charge in [-0.15, -0.1) is 0 Å². The van der Waals surface area contributed by atoms with Crippen molar-refractivity contribution in [1.82, 2.24) is 5.32 Å². The first kappa shape index (κ1) is 13.4. The highest BCUT2D eigenvalue weighted by Crippen LogP contribution is 2.12. The van der Waals surface area contributed by atoms with E-state index >= 15 is 0 Å². The molecular weight excluding hydrogens is 286 g/mol. The van der Waals surface area contributed by atoms with Crippen LogP contribution in [0.15, 0.2) is 34.8 Å². The molecule has 0 unspecified atom stereocenters. The molecule has 1 aromatic rings. The maximum Gasteiger partial charge on any atom is 0.325 e. The van der Waals surface area contributed by atoms with E-state index in [-0.39, 0.29) is 0 Å². The highest BCUT2D eigenvalue weighted by atomic mass is 79.9. The molecule has 1 atom stereocenters. The lowest BCUT2D eigenvalue weighted by molar-refractivity contribution is -0.140. The van der Waals surface area contributed by atoms with Gasteiger partial charge >= 0.3 is 5.97 Å². The van der Waals surface area contributed by atoms with Gasteiger partial charge in [-0.1, -0.05) is 28.1 Å². The molecule has 0 fully saturated rings. The molecule has 0 aromatic heterocycles. The molecule has 0 heterocycles. The van der Waals surface area contributed by atoms with Crippen LogP contribution in [0.3, 0.4) is 0 Å². The number of carboxylic acid groups (broad SMARTS) is 1. The summed E-state index contributed by atoms with van der Waals surface area (Å²) in [7, 11) is 0. The second kappa shape index (κ2) is 6.20. The van der Waals surface area contributed by atoms with E-state index in [1.54, 1.807) is 6.08 Å². The number of aliphatic carboxylic acids is 1. The van der Waals surface area contributed by atoms with Gasteiger partial charge in [0.25, 0.3) is 0 Å². The fraction of sp³-hybridized carbons (Fsp3) is 0.167. The lowest BCUT2D eigenvalue weighted by Gasteiger charge is -2.05. The number of benzene rings is 1. The maximum atomic E-state index is 11.3. The van der Waals surface area contributed by atoms with Crippen LogP contribution >= 0.6 is 15.9 Å². The Morgan fingerprint density at radius 3 is 2.76 bits per heavy atom. The van der Waals surface area contributed by atoms with Gasteiger partial charge in [-0.3, -0.25) is 9.59 Å². The summed E-state index contributed by atoms with van der Waals surface area (Å²) in [6, 6.07) is 6.53. The Morgan fingerprint density at radius 1 is 1.47 bits per heavy atom. The van der Waals surface area contributed by atoms with Crippen molar-refractivity contribution in [2.24, 2.45) is 0 Å². The standard InChI is InChI=1S/C12H12BrNO3/c1-8(12(16)17)14-11(15)6-5-9-3-2-4-10(13)7-9/h2-8H,1H3,(H,14,15)(H,16,17)/b6-5+/t8-/m1/s1. The molecule has 4 nitrogen and oxygen atoms in total. The van der Waals surface area contributed by atoms with Crippen molar-refractivity contribution in [3.63, 3.8) is 0 Å². The van der Waals surface area contributed by atoms with E-state index in [1.165, 1.54) is 13.0 Å². The van der Waals surface area contributed by atoms with E-state index in [0.717, 1.165) is 10.0 Å². The number of carbonyl (C=O) groups excluding carboxylic acids is 1. The molecule has 1 rings (SSSR count). The SMILES string of the molecule is C[C@@H](NC(=O)/C=C/c1cccc(Br)c1)C(=O)O. The van der Waals surface area contributed by atoms with Gasteiger partial charge < -0.3 is 10.4 Å². The van der Waals surface area contributed by atoms with Crippen molar-refractivity contribution in [3.8, 4) is 0 Å². The summed E-state index contributed by atoms with van der Waals surface area (Å²) in [5.74, 6) is -1.49. The highest BCUT2D eigenvalue weighted by Gasteiger charge is 2.11. The van der Waals surface area contributed by atoms with Crippen LogP contribution < -0.4 is 5.32 Å². The first-order valence-electron chi connectivity index (χ1n) is 4.96. The lowest BCUT2D eigenvalue weighted by Crippen LogP contribution is -2.37. The number of amides is 1. The van der Waals surface area contributed by atoms with E-state index in [2.05, 4.69) is 21.2 Å². The van der Waals surface area contributed by atoms with Crippen LogP contribution in [-0.4, -0.2) is 23.0 Å². The topological polar surface area (TPSA) is 66.4 Å². The van der Waals surface area contributed by atoms with Crippen LogP contribution in [0.25, 0.3) is 6.08 Å². The predicted molar refractivity (Wildman–Crippen MR) is 68.4 cm³/mol. The van der Waals surface area contributed by atoms with Gasteiger partial charge in [-0.25, -0.2) is 0 Å². The van der Waals surface area contributed by atoms with Crippen molar-refractivity contribution < 1.29 is 14.7 Å². The largest absolute Gasteiger partial charge is 0.480 e. The number of halogens is 1. The molecule has 2 N–H and O–H groups in total. The third-order valence-electron chi connectivity index (χ3n) is 2.01. The van der Waals surface area contributed by atoms with E-state index < -0.39 is 17.9 Å². The average molecular weight is 298 g/mol. The Labute approximate surface area is 107 Å². The normalized spacial score (nSPS) is 12.4. The zero-order valence-corrected chi connectivity index (χ0v) is 10.8. The lowest BCUT2D eigenvalue weighted by atomic mass is 10.2.